The maximum atomic E-state index is 13.9. The van der Waals surface area contributed by atoms with Gasteiger partial charge in [0.2, 0.25) is 5.78 Å². The first kappa shape index (κ1) is 26.2. The maximum Gasteiger partial charge on any atom is 0.255 e. The van der Waals surface area contributed by atoms with Crippen LogP contribution in [0.2, 0.25) is 0 Å². The number of nitrogens with zero attached hydrogens (tertiary/aromatic N) is 1. The summed E-state index contributed by atoms with van der Waals surface area (Å²) < 4.78 is 0. The molecular weight excluding hydrogens is 502 g/mol. The number of carbonyl (C=O) groups excluding carboxylic acids is 3. The van der Waals surface area contributed by atoms with Gasteiger partial charge in [0.05, 0.1) is 11.6 Å². The Hall–Kier alpha value is -4.41. The zero-order chi connectivity index (χ0) is 28.5. The van der Waals surface area contributed by atoms with Gasteiger partial charge in [-0.3, -0.25) is 19.3 Å². The highest BCUT2D eigenvalue weighted by Crippen LogP contribution is 2.53. The summed E-state index contributed by atoms with van der Waals surface area (Å²) in [5.74, 6) is -6.85. The quantitative estimate of drug-likeness (QED) is 0.318. The van der Waals surface area contributed by atoms with Crippen molar-refractivity contribution in [1.29, 1.82) is 0 Å². The summed E-state index contributed by atoms with van der Waals surface area (Å²) in [6.45, 7) is 3.78. The number of aliphatic hydroxyl groups excluding tert-OH is 2. The Balaban J connectivity index is 1.73. The minimum Gasteiger partial charge on any atom is -0.508 e. The molecule has 202 valence electrons. The SMILES string of the molecule is C=C(N)c1cccc(-c2ccc(O)c3c2C[C@H]2C[C@H]4[C@H](N(C)C)C(=O)C(C(N)=O)=C(O)C4(O)C(=O)C2=C3O)c1. The molecule has 0 radical (unpaired) electrons. The van der Waals surface area contributed by atoms with E-state index in [1.165, 1.54) is 11.0 Å². The molecule has 0 heterocycles. The van der Waals surface area contributed by atoms with Crippen LogP contribution in [0.25, 0.3) is 22.6 Å². The van der Waals surface area contributed by atoms with E-state index in [1.807, 2.05) is 12.1 Å². The number of benzene rings is 2. The third-order valence-corrected chi connectivity index (χ3v) is 8.15. The first-order chi connectivity index (χ1) is 18.3. The fraction of sp³-hybridized carbons (Fsp3) is 0.276. The standard InChI is InChI=1S/C29H29N3O7/c1-12(30)13-5-4-6-14(9-13)16-7-8-19(33)21-17(16)10-15-11-18-23(32(2)3)25(35)22(28(31)38)27(37)29(18,39)26(36)20(15)24(21)34/h4-9,15,18,23,33-34,37,39H,1,10-11,30H2,2-3H3,(H2,31,38)/t15-,18-,23-,29?/m0/s1. The van der Waals surface area contributed by atoms with Gasteiger partial charge in [-0.2, -0.15) is 0 Å². The van der Waals surface area contributed by atoms with Gasteiger partial charge < -0.3 is 31.9 Å². The van der Waals surface area contributed by atoms with Gasteiger partial charge >= 0.3 is 0 Å². The molecule has 5 rings (SSSR count). The number of phenolic OH excluding ortho intramolecular Hbond substituents is 1. The lowest BCUT2D eigenvalue weighted by atomic mass is 9.57. The van der Waals surface area contributed by atoms with E-state index in [0.717, 1.165) is 5.56 Å². The number of hydrogen-bond donors (Lipinski definition) is 6. The van der Waals surface area contributed by atoms with Gasteiger partial charge in [0.15, 0.2) is 11.4 Å². The molecule has 1 saturated carbocycles. The third kappa shape index (κ3) is 3.59. The summed E-state index contributed by atoms with van der Waals surface area (Å²) in [6, 6.07) is 9.23. The second kappa shape index (κ2) is 8.82. The normalized spacial score (nSPS) is 26.3. The van der Waals surface area contributed by atoms with Crippen LogP contribution in [-0.2, 0) is 20.8 Å². The number of rotatable bonds is 4. The Bertz CT molecular complexity index is 1550. The van der Waals surface area contributed by atoms with Crippen molar-refractivity contribution in [3.05, 3.63) is 76.6 Å². The molecule has 1 unspecified atom stereocenters. The highest BCUT2D eigenvalue weighted by atomic mass is 16.3. The molecule has 4 atom stereocenters. The predicted octanol–water partition coefficient (Wildman–Crippen LogP) is 1.56. The maximum absolute atomic E-state index is 13.9. The molecule has 3 aliphatic rings. The van der Waals surface area contributed by atoms with Gasteiger partial charge in [-0.05, 0) is 67.2 Å². The number of aromatic hydroxyl groups is 1. The molecule has 2 aromatic rings. The van der Waals surface area contributed by atoms with Crippen LogP contribution >= 0.6 is 0 Å². The monoisotopic (exact) mass is 531 g/mol. The van der Waals surface area contributed by atoms with E-state index in [0.29, 0.717) is 22.4 Å². The predicted molar refractivity (Wildman–Crippen MR) is 143 cm³/mol. The summed E-state index contributed by atoms with van der Waals surface area (Å²) in [5, 5.41) is 44.8. The topological polar surface area (TPSA) is 187 Å². The number of phenols is 1. The zero-order valence-electron chi connectivity index (χ0n) is 21.4. The van der Waals surface area contributed by atoms with Gasteiger partial charge in [-0.1, -0.05) is 30.8 Å². The average Bonchev–Trinajstić information content (AvgIpc) is 2.86. The molecule has 10 heteroatoms. The number of fused-ring (bicyclic) bond motifs is 3. The Morgan fingerprint density at radius 2 is 1.79 bits per heavy atom. The van der Waals surface area contributed by atoms with E-state index >= 15 is 0 Å². The number of Topliss-reactive ketones (excluding diaryl/α,β-unsaturated/α-hetero) is 2. The number of aliphatic hydroxyl groups is 3. The van der Waals surface area contributed by atoms with Gasteiger partial charge in [-0.25, -0.2) is 0 Å². The van der Waals surface area contributed by atoms with Crippen molar-refractivity contribution in [2.24, 2.45) is 23.3 Å². The van der Waals surface area contributed by atoms with Crippen LogP contribution in [0.3, 0.4) is 0 Å². The Kier molecular flexibility index (Phi) is 5.93. The van der Waals surface area contributed by atoms with E-state index < -0.39 is 58.0 Å². The minimum absolute atomic E-state index is 0.0144. The summed E-state index contributed by atoms with van der Waals surface area (Å²) in [5.41, 5.74) is 10.6. The molecule has 0 spiro atoms. The van der Waals surface area contributed by atoms with Crippen LogP contribution in [0.15, 0.2) is 59.9 Å². The van der Waals surface area contributed by atoms with Crippen LogP contribution in [0.1, 0.15) is 23.1 Å². The summed E-state index contributed by atoms with van der Waals surface area (Å²) in [4.78, 5) is 40.7. The Morgan fingerprint density at radius 3 is 2.41 bits per heavy atom. The summed E-state index contributed by atoms with van der Waals surface area (Å²) in [7, 11) is 3.11. The fourth-order valence-corrected chi connectivity index (χ4v) is 6.40. The highest BCUT2D eigenvalue weighted by molar-refractivity contribution is 6.24. The van der Waals surface area contributed by atoms with E-state index in [4.69, 9.17) is 11.5 Å². The number of primary amides is 1. The molecule has 39 heavy (non-hydrogen) atoms. The lowest BCUT2D eigenvalue weighted by Gasteiger charge is -2.50. The van der Waals surface area contributed by atoms with Crippen LogP contribution in [-0.4, -0.2) is 68.5 Å². The lowest BCUT2D eigenvalue weighted by Crippen LogP contribution is -2.65. The molecular formula is C29H29N3O7. The molecule has 1 amide bonds. The largest absolute Gasteiger partial charge is 0.508 e. The van der Waals surface area contributed by atoms with Gasteiger partial charge in [-0.15, -0.1) is 0 Å². The van der Waals surface area contributed by atoms with Crippen molar-refractivity contribution >= 4 is 28.9 Å². The Morgan fingerprint density at radius 1 is 1.10 bits per heavy atom. The van der Waals surface area contributed by atoms with E-state index in [9.17, 15) is 34.8 Å². The van der Waals surface area contributed by atoms with Crippen LogP contribution < -0.4 is 11.5 Å². The molecule has 2 aromatic carbocycles. The zero-order valence-corrected chi connectivity index (χ0v) is 21.4. The Labute approximate surface area is 224 Å². The molecule has 0 bridgehead atoms. The first-order valence-electron chi connectivity index (χ1n) is 12.4. The van der Waals surface area contributed by atoms with Crippen LogP contribution in [0.5, 0.6) is 5.75 Å². The van der Waals surface area contributed by atoms with Crippen LogP contribution in [0.4, 0.5) is 0 Å². The van der Waals surface area contributed by atoms with Gasteiger partial charge in [0.25, 0.3) is 5.91 Å². The molecule has 10 nitrogen and oxygen atoms in total. The fourth-order valence-electron chi connectivity index (χ4n) is 6.40. The molecule has 8 N–H and O–H groups in total. The first-order valence-corrected chi connectivity index (χ1v) is 12.4. The number of hydrogen-bond acceptors (Lipinski definition) is 9. The second-order valence-electron chi connectivity index (χ2n) is 10.6. The number of nitrogens with two attached hydrogens (primary N) is 2. The smallest absolute Gasteiger partial charge is 0.255 e. The molecule has 1 fully saturated rings. The second-order valence-corrected chi connectivity index (χ2v) is 10.6. The van der Waals surface area contributed by atoms with E-state index in [2.05, 4.69) is 6.58 Å². The van der Waals surface area contributed by atoms with Crippen molar-refractivity contribution in [3.63, 3.8) is 0 Å². The molecule has 0 aromatic heterocycles. The number of likely N-dealkylation sites (N-methyl/N-ethyl adjacent to an activating group) is 1. The van der Waals surface area contributed by atoms with E-state index in [-0.39, 0.29) is 29.7 Å². The van der Waals surface area contributed by atoms with Gasteiger partial charge in [0, 0.05) is 17.2 Å². The number of carbonyl (C=O) groups is 3. The third-order valence-electron chi connectivity index (χ3n) is 8.15. The highest BCUT2D eigenvalue weighted by Gasteiger charge is 2.64. The number of amides is 1. The summed E-state index contributed by atoms with van der Waals surface area (Å²) in [6.07, 6.45) is 0.201. The van der Waals surface area contributed by atoms with Crippen molar-refractivity contribution in [2.45, 2.75) is 24.5 Å². The molecule has 0 saturated heterocycles. The van der Waals surface area contributed by atoms with Crippen molar-refractivity contribution in [1.82, 2.24) is 4.90 Å². The van der Waals surface area contributed by atoms with Crippen LogP contribution in [0, 0.1) is 11.8 Å². The lowest BCUT2D eigenvalue weighted by molar-refractivity contribution is -0.153. The minimum atomic E-state index is -2.67. The summed E-state index contributed by atoms with van der Waals surface area (Å²) >= 11 is 0. The van der Waals surface area contributed by atoms with Crippen molar-refractivity contribution < 1.29 is 34.8 Å². The average molecular weight is 532 g/mol. The molecule has 0 aliphatic heterocycles. The van der Waals surface area contributed by atoms with Crippen molar-refractivity contribution in [3.8, 4) is 16.9 Å². The van der Waals surface area contributed by atoms with Crippen molar-refractivity contribution in [2.75, 3.05) is 14.1 Å². The van der Waals surface area contributed by atoms with E-state index in [1.54, 1.807) is 32.3 Å². The van der Waals surface area contributed by atoms with Gasteiger partial charge in [0.1, 0.15) is 22.8 Å². The molecule has 3 aliphatic carbocycles. The number of ketones is 2.